The van der Waals surface area contributed by atoms with Gasteiger partial charge < -0.3 is 0 Å². The molecule has 2 unspecified atom stereocenters. The monoisotopic (exact) mass is 278 g/mol. The minimum Gasteiger partial charge on any atom is -0.294 e. The van der Waals surface area contributed by atoms with Crippen LogP contribution in [0.3, 0.4) is 0 Å². The Balaban J connectivity index is 1.79. The second kappa shape index (κ2) is 3.14. The molecule has 2 atom stereocenters. The summed E-state index contributed by atoms with van der Waals surface area (Å²) in [6, 6.07) is 11.2. The molecule has 2 aliphatic heterocycles. The van der Waals surface area contributed by atoms with Crippen molar-refractivity contribution in [2.75, 3.05) is 4.90 Å². The average molecular weight is 278 g/mol. The zero-order valence-corrected chi connectivity index (χ0v) is 10.9. The van der Waals surface area contributed by atoms with E-state index < -0.39 is 11.5 Å². The first-order valence-electron chi connectivity index (χ1n) is 6.86. The van der Waals surface area contributed by atoms with Crippen LogP contribution >= 0.6 is 0 Å². The standard InChI is InChI=1S/C16H10N2O3/c19-13-10-7-16(10,15(21)17-13)18-11-6-2-4-8-3-1-5-9(12(8)11)14(18)20/h1-6,10H,7H2,(H,17,19,21). The SMILES string of the molecule is O=C1NC(=O)C2(N3C(=O)c4cccc5cccc3c45)CC12. The third kappa shape index (κ3) is 1.05. The lowest BCUT2D eigenvalue weighted by molar-refractivity contribution is -0.127. The summed E-state index contributed by atoms with van der Waals surface area (Å²) in [7, 11) is 0. The van der Waals surface area contributed by atoms with Crippen LogP contribution < -0.4 is 10.2 Å². The number of piperidine rings is 1. The van der Waals surface area contributed by atoms with Gasteiger partial charge in [0.05, 0.1) is 11.6 Å². The van der Waals surface area contributed by atoms with Gasteiger partial charge in [-0.2, -0.15) is 0 Å². The molecule has 5 heteroatoms. The van der Waals surface area contributed by atoms with E-state index in [1.165, 1.54) is 4.90 Å². The molecule has 2 fully saturated rings. The molecule has 2 aromatic rings. The molecule has 5 rings (SSSR count). The molecule has 0 aromatic heterocycles. The Morgan fingerprint density at radius 2 is 1.86 bits per heavy atom. The van der Waals surface area contributed by atoms with E-state index in [9.17, 15) is 14.4 Å². The Morgan fingerprint density at radius 3 is 2.52 bits per heavy atom. The summed E-state index contributed by atoms with van der Waals surface area (Å²) < 4.78 is 0. The fraction of sp³-hybridized carbons (Fsp3) is 0.188. The van der Waals surface area contributed by atoms with E-state index in [0.717, 1.165) is 16.5 Å². The van der Waals surface area contributed by atoms with Gasteiger partial charge in [-0.05, 0) is 23.9 Å². The zero-order chi connectivity index (χ0) is 14.4. The van der Waals surface area contributed by atoms with Gasteiger partial charge in [-0.1, -0.05) is 24.3 Å². The summed E-state index contributed by atoms with van der Waals surface area (Å²) in [5.74, 6) is -1.21. The summed E-state index contributed by atoms with van der Waals surface area (Å²) >= 11 is 0. The Kier molecular flexibility index (Phi) is 1.65. The van der Waals surface area contributed by atoms with Crippen molar-refractivity contribution < 1.29 is 14.4 Å². The number of carbonyl (C=O) groups excluding carboxylic acids is 3. The first-order chi connectivity index (χ1) is 10.1. The fourth-order valence-electron chi connectivity index (χ4n) is 3.78. The van der Waals surface area contributed by atoms with E-state index in [1.807, 2.05) is 30.3 Å². The number of hydrogen-bond acceptors (Lipinski definition) is 3. The van der Waals surface area contributed by atoms with Crippen LogP contribution in [0.15, 0.2) is 36.4 Å². The number of fused-ring (bicyclic) bond motifs is 1. The lowest BCUT2D eigenvalue weighted by Gasteiger charge is -2.25. The third-order valence-electron chi connectivity index (χ3n) is 4.83. The molecule has 3 amide bonds. The molecule has 5 nitrogen and oxygen atoms in total. The lowest BCUT2D eigenvalue weighted by atomic mass is 10.1. The highest BCUT2D eigenvalue weighted by Gasteiger charge is 2.74. The zero-order valence-electron chi connectivity index (χ0n) is 10.9. The van der Waals surface area contributed by atoms with Crippen molar-refractivity contribution in [3.8, 4) is 0 Å². The second-order valence-corrected chi connectivity index (χ2v) is 5.82. The number of hydrogen-bond donors (Lipinski definition) is 1. The van der Waals surface area contributed by atoms with Gasteiger partial charge in [0, 0.05) is 10.9 Å². The number of anilines is 1. The summed E-state index contributed by atoms with van der Waals surface area (Å²) in [5.41, 5.74) is 0.345. The maximum atomic E-state index is 12.8. The normalized spacial score (nSPS) is 29.0. The molecule has 102 valence electrons. The van der Waals surface area contributed by atoms with E-state index in [4.69, 9.17) is 0 Å². The van der Waals surface area contributed by atoms with Crippen LogP contribution in [-0.2, 0) is 9.59 Å². The summed E-state index contributed by atoms with van der Waals surface area (Å²) in [4.78, 5) is 38.3. The van der Waals surface area contributed by atoms with Crippen LogP contribution in [0.1, 0.15) is 16.8 Å². The molecule has 0 bridgehead atoms. The van der Waals surface area contributed by atoms with Gasteiger partial charge in [-0.15, -0.1) is 0 Å². The highest BCUT2D eigenvalue weighted by Crippen LogP contribution is 2.57. The highest BCUT2D eigenvalue weighted by atomic mass is 16.2. The van der Waals surface area contributed by atoms with Crippen LogP contribution in [0.4, 0.5) is 5.69 Å². The van der Waals surface area contributed by atoms with Gasteiger partial charge in [0.15, 0.2) is 0 Å². The molecule has 1 aliphatic carbocycles. The molecule has 1 N–H and O–H groups in total. The van der Waals surface area contributed by atoms with E-state index in [0.29, 0.717) is 12.0 Å². The van der Waals surface area contributed by atoms with Gasteiger partial charge in [0.1, 0.15) is 5.54 Å². The Morgan fingerprint density at radius 1 is 1.10 bits per heavy atom. The Labute approximate surface area is 119 Å². The topological polar surface area (TPSA) is 66.5 Å². The van der Waals surface area contributed by atoms with Crippen LogP contribution in [0.2, 0.25) is 0 Å². The van der Waals surface area contributed by atoms with Crippen molar-refractivity contribution in [3.63, 3.8) is 0 Å². The van der Waals surface area contributed by atoms with Crippen LogP contribution in [0.25, 0.3) is 10.8 Å². The molecular weight excluding hydrogens is 268 g/mol. The third-order valence-corrected chi connectivity index (χ3v) is 4.83. The van der Waals surface area contributed by atoms with Gasteiger partial charge in [-0.25, -0.2) is 0 Å². The first-order valence-corrected chi connectivity index (χ1v) is 6.86. The Bertz CT molecular complexity index is 883. The number of benzene rings is 2. The predicted octanol–water partition coefficient (Wildman–Crippen LogP) is 1.22. The molecule has 0 radical (unpaired) electrons. The molecule has 1 saturated carbocycles. The summed E-state index contributed by atoms with van der Waals surface area (Å²) in [5, 5.41) is 4.19. The van der Waals surface area contributed by atoms with E-state index in [-0.39, 0.29) is 17.7 Å². The van der Waals surface area contributed by atoms with Crippen molar-refractivity contribution in [2.45, 2.75) is 12.0 Å². The van der Waals surface area contributed by atoms with Gasteiger partial charge in [-0.3, -0.25) is 24.6 Å². The number of amides is 3. The number of nitrogens with one attached hydrogen (secondary N) is 1. The minimum atomic E-state index is -0.999. The van der Waals surface area contributed by atoms with Crippen molar-refractivity contribution in [1.82, 2.24) is 5.32 Å². The second-order valence-electron chi connectivity index (χ2n) is 5.82. The average Bonchev–Trinajstić information content (AvgIpc) is 3.10. The molecule has 2 aromatic carbocycles. The predicted molar refractivity (Wildman–Crippen MR) is 74.7 cm³/mol. The molecule has 3 aliphatic rings. The maximum Gasteiger partial charge on any atom is 0.259 e. The maximum absolute atomic E-state index is 12.8. The molecule has 0 spiro atoms. The van der Waals surface area contributed by atoms with Crippen LogP contribution in [-0.4, -0.2) is 23.3 Å². The van der Waals surface area contributed by atoms with Gasteiger partial charge >= 0.3 is 0 Å². The molecule has 21 heavy (non-hydrogen) atoms. The minimum absolute atomic E-state index is 0.186. The number of rotatable bonds is 1. The molecule has 2 heterocycles. The molecule has 1 saturated heterocycles. The van der Waals surface area contributed by atoms with Crippen molar-refractivity contribution in [3.05, 3.63) is 42.0 Å². The van der Waals surface area contributed by atoms with Crippen molar-refractivity contribution >= 4 is 34.2 Å². The van der Waals surface area contributed by atoms with E-state index >= 15 is 0 Å². The first kappa shape index (κ1) is 11.0. The Hall–Kier alpha value is -2.69. The van der Waals surface area contributed by atoms with Crippen molar-refractivity contribution in [1.29, 1.82) is 0 Å². The fourth-order valence-corrected chi connectivity index (χ4v) is 3.78. The number of carbonyl (C=O) groups is 3. The summed E-state index contributed by atoms with van der Waals surface area (Å²) in [6.07, 6.45) is 0.424. The lowest BCUT2D eigenvalue weighted by Crippen LogP contribution is -2.47. The van der Waals surface area contributed by atoms with Gasteiger partial charge in [0.25, 0.3) is 11.8 Å². The van der Waals surface area contributed by atoms with Crippen LogP contribution in [0, 0.1) is 5.92 Å². The van der Waals surface area contributed by atoms with E-state index in [2.05, 4.69) is 5.32 Å². The van der Waals surface area contributed by atoms with Gasteiger partial charge in [0.2, 0.25) is 5.91 Å². The smallest absolute Gasteiger partial charge is 0.259 e. The van der Waals surface area contributed by atoms with Crippen LogP contribution in [0.5, 0.6) is 0 Å². The largest absolute Gasteiger partial charge is 0.294 e. The summed E-state index contributed by atoms with van der Waals surface area (Å²) in [6.45, 7) is 0. The van der Waals surface area contributed by atoms with Crippen molar-refractivity contribution in [2.24, 2.45) is 5.92 Å². The van der Waals surface area contributed by atoms with E-state index in [1.54, 1.807) is 6.07 Å². The molecular formula is C16H10N2O3. The quantitative estimate of drug-likeness (QED) is 0.797. The number of imide groups is 1. The number of nitrogens with zero attached hydrogens (tertiary/aromatic N) is 1. The highest BCUT2D eigenvalue weighted by molar-refractivity contribution is 6.30.